The molecule has 1 fully saturated rings. The van der Waals surface area contributed by atoms with E-state index in [2.05, 4.69) is 30.1 Å². The van der Waals surface area contributed by atoms with Gasteiger partial charge in [0, 0.05) is 25.6 Å². The number of fused-ring (bicyclic) bond motifs is 1. The number of hydrogen-bond acceptors (Lipinski definition) is 4. The number of amides is 1. The molecule has 0 aliphatic carbocycles. The molecule has 1 amide bonds. The second-order valence-corrected chi connectivity index (χ2v) is 7.45. The lowest BCUT2D eigenvalue weighted by Crippen LogP contribution is -2.54. The van der Waals surface area contributed by atoms with E-state index in [4.69, 9.17) is 10.5 Å². The van der Waals surface area contributed by atoms with Gasteiger partial charge in [0.2, 0.25) is 5.91 Å². The number of carbonyl (C=O) groups is 1. The lowest BCUT2D eigenvalue weighted by Gasteiger charge is -2.42. The van der Waals surface area contributed by atoms with Gasteiger partial charge in [-0.2, -0.15) is 0 Å². The Balaban J connectivity index is 0.00000208. The van der Waals surface area contributed by atoms with Crippen molar-refractivity contribution >= 4 is 18.3 Å². The summed E-state index contributed by atoms with van der Waals surface area (Å²) in [6.07, 6.45) is 1.85. The molecule has 6 heteroatoms. The van der Waals surface area contributed by atoms with E-state index in [0.717, 1.165) is 31.7 Å². The number of halogens is 1. The van der Waals surface area contributed by atoms with Gasteiger partial charge in [-0.25, -0.2) is 0 Å². The number of nitrogens with zero attached hydrogens (tertiary/aromatic N) is 1. The minimum absolute atomic E-state index is 0. The fourth-order valence-corrected chi connectivity index (χ4v) is 3.47. The van der Waals surface area contributed by atoms with Gasteiger partial charge in [-0.05, 0) is 23.5 Å². The van der Waals surface area contributed by atoms with Gasteiger partial charge in [-0.3, -0.25) is 9.69 Å². The third kappa shape index (κ3) is 4.41. The van der Waals surface area contributed by atoms with E-state index in [9.17, 15) is 4.79 Å². The largest absolute Gasteiger partial charge is 0.488 e. The van der Waals surface area contributed by atoms with E-state index in [0.29, 0.717) is 13.1 Å². The Bertz CT molecular complexity index is 554. The van der Waals surface area contributed by atoms with Crippen LogP contribution in [0.1, 0.15) is 25.8 Å². The predicted octanol–water partition coefficient (Wildman–Crippen LogP) is 1.59. The Morgan fingerprint density at radius 3 is 2.88 bits per heavy atom. The summed E-state index contributed by atoms with van der Waals surface area (Å²) >= 11 is 0. The summed E-state index contributed by atoms with van der Waals surface area (Å²) < 4.78 is 5.85. The smallest absolute Gasteiger partial charge is 0.234 e. The molecule has 2 aliphatic heterocycles. The maximum absolute atomic E-state index is 12.2. The average molecular weight is 354 g/mol. The molecular weight excluding hydrogens is 326 g/mol. The number of ether oxygens (including phenoxy) is 1. The van der Waals surface area contributed by atoms with Crippen LogP contribution in [0.3, 0.4) is 0 Å². The molecular formula is C18H28ClN3O2. The zero-order chi connectivity index (χ0) is 16.4. The molecule has 3 rings (SSSR count). The molecule has 5 nitrogen and oxygen atoms in total. The van der Waals surface area contributed by atoms with Gasteiger partial charge in [0.15, 0.2) is 0 Å². The molecule has 2 atom stereocenters. The summed E-state index contributed by atoms with van der Waals surface area (Å²) in [5.41, 5.74) is 7.43. The molecule has 2 aliphatic rings. The molecule has 24 heavy (non-hydrogen) atoms. The zero-order valence-electron chi connectivity index (χ0n) is 14.5. The van der Waals surface area contributed by atoms with Gasteiger partial charge in [0.1, 0.15) is 11.9 Å². The summed E-state index contributed by atoms with van der Waals surface area (Å²) in [5.74, 6) is 1.01. The van der Waals surface area contributed by atoms with Crippen molar-refractivity contribution in [1.29, 1.82) is 0 Å². The van der Waals surface area contributed by atoms with Crippen molar-refractivity contribution in [2.75, 3.05) is 26.2 Å². The van der Waals surface area contributed by atoms with E-state index in [1.807, 2.05) is 18.2 Å². The summed E-state index contributed by atoms with van der Waals surface area (Å²) in [4.78, 5) is 14.4. The Morgan fingerprint density at radius 1 is 1.42 bits per heavy atom. The van der Waals surface area contributed by atoms with Crippen molar-refractivity contribution in [3.8, 4) is 5.75 Å². The minimum Gasteiger partial charge on any atom is -0.488 e. The fraction of sp³-hybridized carbons (Fsp3) is 0.611. The molecule has 0 spiro atoms. The number of nitrogens with one attached hydrogen (secondary N) is 1. The van der Waals surface area contributed by atoms with Crippen molar-refractivity contribution in [3.63, 3.8) is 0 Å². The molecule has 2 heterocycles. The molecule has 0 bridgehead atoms. The van der Waals surface area contributed by atoms with Crippen molar-refractivity contribution in [2.24, 2.45) is 11.1 Å². The van der Waals surface area contributed by atoms with Crippen LogP contribution < -0.4 is 15.8 Å². The lowest BCUT2D eigenvalue weighted by molar-refractivity contribution is -0.123. The van der Waals surface area contributed by atoms with Crippen LogP contribution in [0, 0.1) is 5.41 Å². The molecule has 134 valence electrons. The molecule has 1 aromatic carbocycles. The highest BCUT2D eigenvalue weighted by Gasteiger charge is 2.34. The van der Waals surface area contributed by atoms with Crippen LogP contribution in [-0.4, -0.2) is 49.1 Å². The first-order valence-electron chi connectivity index (χ1n) is 8.43. The van der Waals surface area contributed by atoms with Crippen LogP contribution in [-0.2, 0) is 11.2 Å². The molecule has 0 aromatic heterocycles. The van der Waals surface area contributed by atoms with Crippen LogP contribution in [0.15, 0.2) is 24.3 Å². The first-order chi connectivity index (χ1) is 10.9. The van der Waals surface area contributed by atoms with Crippen LogP contribution in [0.5, 0.6) is 5.75 Å². The lowest BCUT2D eigenvalue weighted by atomic mass is 9.80. The Morgan fingerprint density at radius 2 is 2.17 bits per heavy atom. The highest BCUT2D eigenvalue weighted by Crippen LogP contribution is 2.28. The SMILES string of the molecule is CC1(C)CN(CC(=O)NCC2Cc3ccccc3O2)CCC1N.Cl. The topological polar surface area (TPSA) is 67.6 Å². The number of hydrogen-bond donors (Lipinski definition) is 2. The average Bonchev–Trinajstić information content (AvgIpc) is 2.91. The van der Waals surface area contributed by atoms with Gasteiger partial charge < -0.3 is 15.8 Å². The normalized spacial score (nSPS) is 25.3. The van der Waals surface area contributed by atoms with E-state index in [1.165, 1.54) is 5.56 Å². The molecule has 1 aromatic rings. The first kappa shape index (κ1) is 19.0. The van der Waals surface area contributed by atoms with Crippen LogP contribution in [0.2, 0.25) is 0 Å². The maximum atomic E-state index is 12.2. The molecule has 0 radical (unpaired) electrons. The summed E-state index contributed by atoms with van der Waals surface area (Å²) in [6.45, 7) is 7.10. The Labute approximate surface area is 150 Å². The molecule has 1 saturated heterocycles. The minimum atomic E-state index is 0. The third-order valence-corrected chi connectivity index (χ3v) is 5.00. The Kier molecular flexibility index (Phi) is 6.12. The standard InChI is InChI=1S/C18H27N3O2.ClH/c1-18(2)12-21(8-7-16(18)19)11-17(22)20-10-14-9-13-5-3-4-6-15(13)23-14;/h3-6,14,16H,7-12,19H2,1-2H3,(H,20,22);1H. The van der Waals surface area contributed by atoms with Crippen LogP contribution >= 0.6 is 12.4 Å². The van der Waals surface area contributed by atoms with E-state index < -0.39 is 0 Å². The number of carbonyl (C=O) groups excluding carboxylic acids is 1. The van der Waals surface area contributed by atoms with Gasteiger partial charge in [0.05, 0.1) is 13.1 Å². The maximum Gasteiger partial charge on any atom is 0.234 e. The monoisotopic (exact) mass is 353 g/mol. The quantitative estimate of drug-likeness (QED) is 0.862. The van der Waals surface area contributed by atoms with E-state index in [-0.39, 0.29) is 35.9 Å². The van der Waals surface area contributed by atoms with Crippen molar-refractivity contribution in [1.82, 2.24) is 10.2 Å². The van der Waals surface area contributed by atoms with E-state index in [1.54, 1.807) is 0 Å². The second-order valence-electron chi connectivity index (χ2n) is 7.45. The Hall–Kier alpha value is -1.30. The number of para-hydroxylation sites is 1. The zero-order valence-corrected chi connectivity index (χ0v) is 15.3. The predicted molar refractivity (Wildman–Crippen MR) is 97.6 cm³/mol. The summed E-state index contributed by atoms with van der Waals surface area (Å²) in [5, 5.41) is 3.01. The number of benzene rings is 1. The van der Waals surface area contributed by atoms with Crippen molar-refractivity contribution in [2.45, 2.75) is 38.8 Å². The third-order valence-electron chi connectivity index (χ3n) is 5.00. The highest BCUT2D eigenvalue weighted by molar-refractivity contribution is 5.85. The highest BCUT2D eigenvalue weighted by atomic mass is 35.5. The van der Waals surface area contributed by atoms with Gasteiger partial charge in [-0.1, -0.05) is 32.0 Å². The fourth-order valence-electron chi connectivity index (χ4n) is 3.47. The molecule has 2 unspecified atom stereocenters. The molecule has 3 N–H and O–H groups in total. The second kappa shape index (κ2) is 7.72. The van der Waals surface area contributed by atoms with Gasteiger partial charge >= 0.3 is 0 Å². The summed E-state index contributed by atoms with van der Waals surface area (Å²) in [6, 6.07) is 8.27. The van der Waals surface area contributed by atoms with Crippen molar-refractivity contribution < 1.29 is 9.53 Å². The van der Waals surface area contributed by atoms with Crippen LogP contribution in [0.4, 0.5) is 0 Å². The van der Waals surface area contributed by atoms with E-state index >= 15 is 0 Å². The first-order valence-corrected chi connectivity index (χ1v) is 8.43. The van der Waals surface area contributed by atoms with Crippen LogP contribution in [0.25, 0.3) is 0 Å². The number of nitrogens with two attached hydrogens (primary N) is 1. The molecule has 0 saturated carbocycles. The number of rotatable bonds is 4. The number of likely N-dealkylation sites (tertiary alicyclic amines) is 1. The van der Waals surface area contributed by atoms with Gasteiger partial charge in [-0.15, -0.1) is 12.4 Å². The van der Waals surface area contributed by atoms with Crippen molar-refractivity contribution in [3.05, 3.63) is 29.8 Å². The number of piperidine rings is 1. The van der Waals surface area contributed by atoms with Gasteiger partial charge in [0.25, 0.3) is 0 Å². The summed E-state index contributed by atoms with van der Waals surface area (Å²) in [7, 11) is 0.